The first kappa shape index (κ1) is 14.4. The van der Waals surface area contributed by atoms with Crippen molar-refractivity contribution >= 4 is 17.3 Å². The van der Waals surface area contributed by atoms with Gasteiger partial charge < -0.3 is 15.6 Å². The van der Waals surface area contributed by atoms with Crippen LogP contribution in [0.1, 0.15) is 21.8 Å². The number of nitrogens with zero attached hydrogens (tertiary/aromatic N) is 2. The monoisotopic (exact) mass is 294 g/mol. The number of aryl methyl sites for hydroxylation is 1. The molecule has 0 aliphatic rings. The topological polar surface area (TPSA) is 124 Å². The van der Waals surface area contributed by atoms with Crippen molar-refractivity contribution in [3.8, 4) is 0 Å². The zero-order valence-electron chi connectivity index (χ0n) is 10.9. The van der Waals surface area contributed by atoms with E-state index >= 15 is 0 Å². The number of hydrogen-bond donors (Lipinski definition) is 2. The van der Waals surface area contributed by atoms with Crippen LogP contribution < -0.4 is 11.1 Å². The van der Waals surface area contributed by atoms with Gasteiger partial charge in [0.2, 0.25) is 0 Å². The Bertz CT molecular complexity index is 713. The summed E-state index contributed by atoms with van der Waals surface area (Å²) in [5.41, 5.74) is 4.48. The largest absolute Gasteiger partial charge is 0.392 e. The van der Waals surface area contributed by atoms with Gasteiger partial charge in [0, 0.05) is 12.1 Å². The zero-order valence-corrected chi connectivity index (χ0v) is 10.9. The molecule has 0 saturated heterocycles. The quantitative estimate of drug-likeness (QED) is 0.500. The fourth-order valence-electron chi connectivity index (χ4n) is 1.73. The smallest absolute Gasteiger partial charge is 0.293 e. The van der Waals surface area contributed by atoms with E-state index in [1.807, 2.05) is 0 Å². The van der Waals surface area contributed by atoms with Gasteiger partial charge in [-0.2, -0.15) is 0 Å². The Kier molecular flexibility index (Phi) is 3.83. The van der Waals surface area contributed by atoms with Crippen LogP contribution in [0.2, 0.25) is 0 Å². The molecule has 8 nitrogen and oxygen atoms in total. The number of halogens is 1. The van der Waals surface area contributed by atoms with Crippen LogP contribution in [0.15, 0.2) is 22.7 Å². The first-order valence-corrected chi connectivity index (χ1v) is 5.83. The molecule has 0 spiro atoms. The molecule has 9 heteroatoms. The van der Waals surface area contributed by atoms with Crippen LogP contribution >= 0.6 is 0 Å². The number of amides is 1. The molecular weight excluding hydrogens is 283 g/mol. The Hall–Kier alpha value is -2.97. The summed E-state index contributed by atoms with van der Waals surface area (Å²) in [6.07, 6.45) is 0. The Morgan fingerprint density at radius 2 is 2.29 bits per heavy atom. The van der Waals surface area contributed by atoms with Crippen molar-refractivity contribution < 1.29 is 18.6 Å². The molecule has 0 aliphatic heterocycles. The fraction of sp³-hybridized carbons (Fsp3) is 0.167. The molecule has 0 radical (unpaired) electrons. The van der Waals surface area contributed by atoms with Gasteiger partial charge in [-0.15, -0.1) is 0 Å². The average Bonchev–Trinajstić information content (AvgIpc) is 2.82. The van der Waals surface area contributed by atoms with Gasteiger partial charge in [-0.25, -0.2) is 4.39 Å². The minimum atomic E-state index is -0.940. The van der Waals surface area contributed by atoms with E-state index in [1.54, 1.807) is 13.0 Å². The van der Waals surface area contributed by atoms with Gasteiger partial charge in [0.15, 0.2) is 5.76 Å². The van der Waals surface area contributed by atoms with E-state index < -0.39 is 33.6 Å². The van der Waals surface area contributed by atoms with Gasteiger partial charge in [-0.1, -0.05) is 5.16 Å². The van der Waals surface area contributed by atoms with Crippen molar-refractivity contribution in [2.75, 3.05) is 5.73 Å². The van der Waals surface area contributed by atoms with E-state index in [9.17, 15) is 19.3 Å². The SMILES string of the molecule is Cc1cc(CNC(=O)c2c(F)ccc([N+](=O)[O-])c2N)on1. The minimum absolute atomic E-state index is 0.0404. The summed E-state index contributed by atoms with van der Waals surface area (Å²) in [7, 11) is 0. The molecule has 0 atom stereocenters. The lowest BCUT2D eigenvalue weighted by Gasteiger charge is -2.07. The summed E-state index contributed by atoms with van der Waals surface area (Å²) in [5.74, 6) is -1.45. The number of hydrogen-bond acceptors (Lipinski definition) is 6. The first-order chi connectivity index (χ1) is 9.90. The highest BCUT2D eigenvalue weighted by Gasteiger charge is 2.23. The van der Waals surface area contributed by atoms with Crippen LogP contribution in [-0.4, -0.2) is 16.0 Å². The number of nitrogen functional groups attached to an aromatic ring is 1. The summed E-state index contributed by atoms with van der Waals surface area (Å²) < 4.78 is 18.6. The van der Waals surface area contributed by atoms with E-state index in [1.165, 1.54) is 0 Å². The van der Waals surface area contributed by atoms with Crippen molar-refractivity contribution in [1.29, 1.82) is 0 Å². The predicted octanol–water partition coefficient (Wildman–Crippen LogP) is 1.54. The lowest BCUT2D eigenvalue weighted by molar-refractivity contribution is -0.384. The molecular formula is C12H11FN4O4. The number of rotatable bonds is 4. The van der Waals surface area contributed by atoms with E-state index in [2.05, 4.69) is 10.5 Å². The van der Waals surface area contributed by atoms with Gasteiger partial charge in [0.25, 0.3) is 11.6 Å². The van der Waals surface area contributed by atoms with E-state index in [4.69, 9.17) is 10.3 Å². The molecule has 1 aromatic carbocycles. The van der Waals surface area contributed by atoms with E-state index in [0.717, 1.165) is 12.1 Å². The molecule has 3 N–H and O–H groups in total. The van der Waals surface area contributed by atoms with Gasteiger partial charge in [0.1, 0.15) is 17.1 Å². The molecule has 1 amide bonds. The van der Waals surface area contributed by atoms with Crippen molar-refractivity contribution in [1.82, 2.24) is 10.5 Å². The Balaban J connectivity index is 2.22. The molecule has 110 valence electrons. The van der Waals surface area contributed by atoms with E-state index in [-0.39, 0.29) is 6.54 Å². The van der Waals surface area contributed by atoms with Gasteiger partial charge in [0.05, 0.1) is 17.2 Å². The standard InChI is InChI=1S/C12H11FN4O4/c1-6-4-7(21-16-6)5-15-12(18)10-8(13)2-3-9(11(10)14)17(19)20/h2-4H,5,14H2,1H3,(H,15,18). The van der Waals surface area contributed by atoms with Crippen molar-refractivity contribution in [2.24, 2.45) is 0 Å². The molecule has 0 saturated carbocycles. The number of nitrogens with one attached hydrogen (secondary N) is 1. The second-order valence-corrected chi connectivity index (χ2v) is 4.23. The molecule has 0 fully saturated rings. The highest BCUT2D eigenvalue weighted by Crippen LogP contribution is 2.27. The van der Waals surface area contributed by atoms with Crippen molar-refractivity contribution in [3.05, 3.63) is 51.1 Å². The second kappa shape index (κ2) is 5.57. The summed E-state index contributed by atoms with van der Waals surface area (Å²) in [4.78, 5) is 21.9. The van der Waals surface area contributed by atoms with Gasteiger partial charge >= 0.3 is 0 Å². The van der Waals surface area contributed by atoms with Crippen molar-refractivity contribution in [3.63, 3.8) is 0 Å². The van der Waals surface area contributed by atoms with Crippen LogP contribution in [-0.2, 0) is 6.54 Å². The third kappa shape index (κ3) is 2.96. The fourth-order valence-corrected chi connectivity index (χ4v) is 1.73. The number of aromatic nitrogens is 1. The predicted molar refractivity (Wildman–Crippen MR) is 69.9 cm³/mol. The number of benzene rings is 1. The van der Waals surface area contributed by atoms with Crippen molar-refractivity contribution in [2.45, 2.75) is 13.5 Å². The minimum Gasteiger partial charge on any atom is -0.392 e. The Morgan fingerprint density at radius 3 is 2.86 bits per heavy atom. The molecule has 0 unspecified atom stereocenters. The maximum absolute atomic E-state index is 13.7. The molecule has 2 aromatic rings. The highest BCUT2D eigenvalue weighted by molar-refractivity contribution is 6.01. The maximum atomic E-state index is 13.7. The van der Waals surface area contributed by atoms with Gasteiger partial charge in [-0.3, -0.25) is 14.9 Å². The van der Waals surface area contributed by atoms with Crippen LogP contribution in [0, 0.1) is 22.9 Å². The van der Waals surface area contributed by atoms with E-state index in [0.29, 0.717) is 11.5 Å². The summed E-state index contributed by atoms with van der Waals surface area (Å²) >= 11 is 0. The molecule has 0 aliphatic carbocycles. The van der Waals surface area contributed by atoms with Crippen LogP contribution in [0.3, 0.4) is 0 Å². The first-order valence-electron chi connectivity index (χ1n) is 5.83. The van der Waals surface area contributed by atoms with Crippen LogP contribution in [0.4, 0.5) is 15.8 Å². The normalized spacial score (nSPS) is 10.4. The number of carbonyl (C=O) groups is 1. The number of carbonyl (C=O) groups excluding carboxylic acids is 1. The molecule has 21 heavy (non-hydrogen) atoms. The zero-order chi connectivity index (χ0) is 15.6. The van der Waals surface area contributed by atoms with Crippen LogP contribution in [0.25, 0.3) is 0 Å². The lowest BCUT2D eigenvalue weighted by atomic mass is 10.1. The molecule has 0 bridgehead atoms. The third-order valence-corrected chi connectivity index (χ3v) is 2.70. The number of nitrogens with two attached hydrogens (primary N) is 1. The molecule has 1 heterocycles. The summed E-state index contributed by atoms with van der Waals surface area (Å²) in [6, 6.07) is 3.32. The summed E-state index contributed by atoms with van der Waals surface area (Å²) in [5, 5.41) is 16.7. The second-order valence-electron chi connectivity index (χ2n) is 4.23. The number of nitro benzene ring substituents is 1. The number of anilines is 1. The summed E-state index contributed by atoms with van der Waals surface area (Å²) in [6.45, 7) is 1.66. The van der Waals surface area contributed by atoms with Gasteiger partial charge in [-0.05, 0) is 13.0 Å². The molecule has 1 aromatic heterocycles. The Morgan fingerprint density at radius 1 is 1.57 bits per heavy atom. The molecule has 2 rings (SSSR count). The highest BCUT2D eigenvalue weighted by atomic mass is 19.1. The number of nitro groups is 1. The average molecular weight is 294 g/mol. The van der Waals surface area contributed by atoms with Crippen LogP contribution in [0.5, 0.6) is 0 Å². The maximum Gasteiger partial charge on any atom is 0.293 e. The Labute approximate surface area is 117 Å². The lowest BCUT2D eigenvalue weighted by Crippen LogP contribution is -2.25. The third-order valence-electron chi connectivity index (χ3n) is 2.70.